The van der Waals surface area contributed by atoms with Crippen LogP contribution in [0.1, 0.15) is 96.3 Å². The van der Waals surface area contributed by atoms with Gasteiger partial charge in [0.15, 0.2) is 5.78 Å². The highest BCUT2D eigenvalue weighted by Crippen LogP contribution is 2.67. The van der Waals surface area contributed by atoms with Gasteiger partial charge in [0.1, 0.15) is 4.90 Å². The van der Waals surface area contributed by atoms with E-state index in [0.29, 0.717) is 37.1 Å². The van der Waals surface area contributed by atoms with Crippen molar-refractivity contribution in [3.8, 4) is 0 Å². The number of halogens is 1. The second kappa shape index (κ2) is 9.34. The lowest BCUT2D eigenvalue weighted by molar-refractivity contribution is -0.163. The molecule has 6 fully saturated rings. The summed E-state index contributed by atoms with van der Waals surface area (Å²) in [7, 11) is -3.93. The van der Waals surface area contributed by atoms with E-state index in [0.717, 1.165) is 51.4 Å². The minimum absolute atomic E-state index is 0.000771. The number of hydrogen-bond donors (Lipinski definition) is 2. The molecule has 7 rings (SSSR count). The molecule has 2 unspecified atom stereocenters. The fraction of sp³-hybridized carbons (Fsp3) is 0.724. The van der Waals surface area contributed by atoms with Crippen molar-refractivity contribution in [3.05, 3.63) is 29.3 Å². The number of sulfonamides is 1. The molecule has 0 aromatic heterocycles. The van der Waals surface area contributed by atoms with Crippen molar-refractivity contribution < 1.29 is 18.0 Å². The number of Topliss-reactive ketones (excluding diaryl/α,β-unsaturated/α-hetero) is 1. The molecular formula is C29H39ClN2O4S. The Morgan fingerprint density at radius 3 is 2.24 bits per heavy atom. The van der Waals surface area contributed by atoms with Crippen LogP contribution in [0, 0.1) is 22.7 Å². The third-order valence-corrected chi connectivity index (χ3v) is 12.4. The van der Waals surface area contributed by atoms with E-state index in [1.807, 2.05) is 0 Å². The fourth-order valence-electron chi connectivity index (χ4n) is 8.96. The van der Waals surface area contributed by atoms with Gasteiger partial charge < -0.3 is 5.32 Å². The zero-order valence-electron chi connectivity index (χ0n) is 21.6. The number of nitrogens with one attached hydrogen (secondary N) is 2. The molecule has 2 atom stereocenters. The lowest BCUT2D eigenvalue weighted by Crippen LogP contribution is -2.62. The lowest BCUT2D eigenvalue weighted by Gasteiger charge is -2.62. The number of carbonyl (C=O) groups is 2. The van der Waals surface area contributed by atoms with Crippen LogP contribution >= 0.6 is 11.6 Å². The first-order valence-electron chi connectivity index (χ1n) is 14.3. The second-order valence-corrected chi connectivity index (χ2v) is 15.2. The van der Waals surface area contributed by atoms with E-state index in [4.69, 9.17) is 11.6 Å². The maximum absolute atomic E-state index is 14.0. The van der Waals surface area contributed by atoms with Crippen molar-refractivity contribution in [1.82, 2.24) is 10.0 Å². The molecule has 37 heavy (non-hydrogen) atoms. The summed E-state index contributed by atoms with van der Waals surface area (Å²) in [5.41, 5.74) is -1.60. The molecule has 0 saturated heterocycles. The van der Waals surface area contributed by atoms with Gasteiger partial charge in [-0.15, -0.1) is 0 Å². The largest absolute Gasteiger partial charge is 0.353 e. The number of hydrogen-bond acceptors (Lipinski definition) is 4. The van der Waals surface area contributed by atoms with Crippen LogP contribution in [-0.4, -0.2) is 31.7 Å². The molecule has 6 aliphatic carbocycles. The normalized spacial score (nSPS) is 34.6. The molecule has 0 aliphatic heterocycles. The zero-order chi connectivity index (χ0) is 25.9. The van der Waals surface area contributed by atoms with Gasteiger partial charge in [0, 0.05) is 12.5 Å². The maximum Gasteiger partial charge on any atom is 0.242 e. The first-order chi connectivity index (χ1) is 17.6. The summed E-state index contributed by atoms with van der Waals surface area (Å²) in [6.45, 7) is 0. The van der Waals surface area contributed by atoms with Crippen LogP contribution in [0.4, 0.5) is 0 Å². The van der Waals surface area contributed by atoms with E-state index >= 15 is 0 Å². The van der Waals surface area contributed by atoms with Gasteiger partial charge in [-0.2, -0.15) is 4.72 Å². The van der Waals surface area contributed by atoms with Crippen molar-refractivity contribution in [3.63, 3.8) is 0 Å². The molecule has 1 amide bonds. The van der Waals surface area contributed by atoms with E-state index < -0.39 is 15.6 Å². The Bertz CT molecular complexity index is 1170. The first-order valence-corrected chi connectivity index (χ1v) is 16.1. The third kappa shape index (κ3) is 4.67. The van der Waals surface area contributed by atoms with Gasteiger partial charge in [0.05, 0.1) is 16.0 Å². The van der Waals surface area contributed by atoms with Gasteiger partial charge in [0.2, 0.25) is 15.9 Å². The molecule has 8 heteroatoms. The summed E-state index contributed by atoms with van der Waals surface area (Å²) in [5, 5.41) is 3.58. The van der Waals surface area contributed by atoms with Gasteiger partial charge in [-0.25, -0.2) is 8.42 Å². The number of carbonyl (C=O) groups excluding carboxylic acids is 2. The van der Waals surface area contributed by atoms with Crippen molar-refractivity contribution >= 4 is 33.3 Å². The van der Waals surface area contributed by atoms with Crippen LogP contribution in [0.3, 0.4) is 0 Å². The Labute approximate surface area is 225 Å². The molecule has 1 aromatic carbocycles. The van der Waals surface area contributed by atoms with Gasteiger partial charge in [-0.1, -0.05) is 43.0 Å². The quantitative estimate of drug-likeness (QED) is 0.448. The second-order valence-electron chi connectivity index (χ2n) is 13.1. The smallest absolute Gasteiger partial charge is 0.242 e. The monoisotopic (exact) mass is 546 g/mol. The van der Waals surface area contributed by atoms with Gasteiger partial charge >= 0.3 is 0 Å². The molecule has 0 radical (unpaired) electrons. The van der Waals surface area contributed by atoms with Crippen LogP contribution in [-0.2, 0) is 19.6 Å². The minimum atomic E-state index is -3.93. The molecule has 4 bridgehead atoms. The molecule has 2 N–H and O–H groups in total. The third-order valence-electron chi connectivity index (χ3n) is 10.3. The summed E-state index contributed by atoms with van der Waals surface area (Å²) < 4.78 is 29.3. The standard InChI is InChI=1S/C29H39ClN2O4S/c30-23-9-4-5-10-24(23)37(35,36)32-29(11-6-12-29)25(33)18-27-14-20-13-21(15-27)17-28(16-20,19-27)26(34)31-22-7-2-1-3-8-22/h4-5,9-10,20-22,32H,1-3,6-8,11-19H2,(H,31,34). The summed E-state index contributed by atoms with van der Waals surface area (Å²) in [6, 6.07) is 6.67. The van der Waals surface area contributed by atoms with E-state index in [9.17, 15) is 18.0 Å². The molecule has 1 aromatic rings. The highest BCUT2D eigenvalue weighted by Gasteiger charge is 2.62. The highest BCUT2D eigenvalue weighted by atomic mass is 35.5. The molecule has 0 spiro atoms. The van der Waals surface area contributed by atoms with Crippen LogP contribution in [0.5, 0.6) is 0 Å². The highest BCUT2D eigenvalue weighted by molar-refractivity contribution is 7.89. The number of ketones is 1. The topological polar surface area (TPSA) is 92.3 Å². The van der Waals surface area contributed by atoms with Gasteiger partial charge in [0.25, 0.3) is 0 Å². The van der Waals surface area contributed by atoms with Crippen LogP contribution < -0.4 is 10.0 Å². The predicted molar refractivity (Wildman–Crippen MR) is 143 cm³/mol. The Hall–Kier alpha value is -1.44. The molecule has 6 nitrogen and oxygen atoms in total. The number of amides is 1. The van der Waals surface area contributed by atoms with Crippen molar-refractivity contribution in [2.24, 2.45) is 22.7 Å². The number of benzene rings is 1. The van der Waals surface area contributed by atoms with Gasteiger partial charge in [-0.3, -0.25) is 9.59 Å². The Morgan fingerprint density at radius 2 is 1.62 bits per heavy atom. The van der Waals surface area contributed by atoms with Crippen LogP contribution in [0.25, 0.3) is 0 Å². The van der Waals surface area contributed by atoms with Crippen LogP contribution in [0.2, 0.25) is 5.02 Å². The molecule has 6 saturated carbocycles. The molecule has 0 heterocycles. The molecule has 6 aliphatic rings. The Balaban J connectivity index is 1.21. The first kappa shape index (κ1) is 25.8. The van der Waals surface area contributed by atoms with Crippen LogP contribution in [0.15, 0.2) is 29.2 Å². The summed E-state index contributed by atoms with van der Waals surface area (Å²) in [4.78, 5) is 27.7. The zero-order valence-corrected chi connectivity index (χ0v) is 23.1. The Kier molecular flexibility index (Phi) is 6.52. The summed E-state index contributed by atoms with van der Waals surface area (Å²) in [5.74, 6) is 1.20. The van der Waals surface area contributed by atoms with E-state index in [1.165, 1.54) is 31.7 Å². The van der Waals surface area contributed by atoms with Gasteiger partial charge in [-0.05, 0) is 100 Å². The van der Waals surface area contributed by atoms with E-state index in [1.54, 1.807) is 18.2 Å². The van der Waals surface area contributed by atoms with Crippen molar-refractivity contribution in [1.29, 1.82) is 0 Å². The summed E-state index contributed by atoms with van der Waals surface area (Å²) >= 11 is 6.20. The predicted octanol–water partition coefficient (Wildman–Crippen LogP) is 5.54. The molecular weight excluding hydrogens is 508 g/mol. The minimum Gasteiger partial charge on any atom is -0.353 e. The average molecular weight is 547 g/mol. The number of rotatable bonds is 8. The SMILES string of the molecule is O=C(NC1CCCCC1)C12CC3CC(CC(CC(=O)C4(NS(=O)(=O)c5ccccc5Cl)CCC4)(C3)C1)C2. The molecule has 202 valence electrons. The maximum atomic E-state index is 14.0. The van der Waals surface area contributed by atoms with Crippen molar-refractivity contribution in [2.45, 2.75) is 113 Å². The van der Waals surface area contributed by atoms with E-state index in [-0.39, 0.29) is 32.4 Å². The lowest BCUT2D eigenvalue weighted by atomic mass is 9.42. The average Bonchev–Trinajstić information content (AvgIpc) is 2.81. The fourth-order valence-corrected chi connectivity index (χ4v) is 10.9. The van der Waals surface area contributed by atoms with Crippen molar-refractivity contribution in [2.75, 3.05) is 0 Å². The Morgan fingerprint density at radius 1 is 0.946 bits per heavy atom. The summed E-state index contributed by atoms with van der Waals surface area (Å²) in [6.07, 6.45) is 13.8. The van der Waals surface area contributed by atoms with E-state index in [2.05, 4.69) is 10.0 Å².